The summed E-state index contributed by atoms with van der Waals surface area (Å²) in [6, 6.07) is 22.7. The van der Waals surface area contributed by atoms with Gasteiger partial charge in [0.15, 0.2) is 0 Å². The molecule has 0 bridgehead atoms. The molecule has 1 N–H and O–H groups in total. The van der Waals surface area contributed by atoms with E-state index in [2.05, 4.69) is 53.1 Å². The second-order valence-corrected chi connectivity index (χ2v) is 10.5. The molecule has 3 aromatic carbocycles. The summed E-state index contributed by atoms with van der Waals surface area (Å²) in [6.45, 7) is 10.7. The molecule has 208 valence electrons. The number of nitrogens with zero attached hydrogens (tertiary/aromatic N) is 3. The molecule has 2 heterocycles. The Labute approximate surface area is 232 Å². The van der Waals surface area contributed by atoms with E-state index in [-0.39, 0.29) is 12.4 Å². The second-order valence-electron chi connectivity index (χ2n) is 10.5. The summed E-state index contributed by atoms with van der Waals surface area (Å²) >= 11 is 0. The molecule has 39 heavy (non-hydrogen) atoms. The quantitative estimate of drug-likeness (QED) is 0.427. The number of likely N-dealkylation sites (tertiary alicyclic amines) is 1. The number of carbonyl (C=O) groups excluding carboxylic acids is 1. The van der Waals surface area contributed by atoms with Crippen molar-refractivity contribution in [3.05, 3.63) is 77.9 Å². The van der Waals surface area contributed by atoms with Crippen LogP contribution in [0.1, 0.15) is 35.7 Å². The fourth-order valence-electron chi connectivity index (χ4n) is 5.37. The monoisotopic (exact) mass is 531 g/mol. The summed E-state index contributed by atoms with van der Waals surface area (Å²) in [4.78, 5) is 28.6. The van der Waals surface area contributed by atoms with Crippen molar-refractivity contribution >= 4 is 23.2 Å². The van der Waals surface area contributed by atoms with Gasteiger partial charge in [-0.15, -0.1) is 0 Å². The van der Waals surface area contributed by atoms with Crippen LogP contribution in [0.4, 0.5) is 0 Å². The molecule has 0 aliphatic carbocycles. The van der Waals surface area contributed by atoms with Gasteiger partial charge in [0.1, 0.15) is 12.4 Å². The van der Waals surface area contributed by atoms with Gasteiger partial charge in [0.05, 0.1) is 0 Å². The van der Waals surface area contributed by atoms with Crippen LogP contribution in [-0.4, -0.2) is 91.2 Å². The van der Waals surface area contributed by atoms with E-state index in [0.717, 1.165) is 80.3 Å². The molecule has 7 heteroatoms. The predicted octanol–water partition coefficient (Wildman–Crippen LogP) is 4.65. The van der Waals surface area contributed by atoms with Crippen LogP contribution in [0.2, 0.25) is 0 Å². The lowest BCUT2D eigenvalue weighted by atomic mass is 9.99. The van der Waals surface area contributed by atoms with Gasteiger partial charge in [-0.25, -0.2) is 0 Å². The molecule has 0 spiro atoms. The highest BCUT2D eigenvalue weighted by Gasteiger charge is 2.23. The molecule has 2 saturated heterocycles. The fraction of sp³-hybridized carbons (Fsp3) is 0.438. The van der Waals surface area contributed by atoms with Crippen molar-refractivity contribution in [2.45, 2.75) is 26.2 Å². The maximum Gasteiger partial charge on any atom is 0.290 e. The lowest BCUT2D eigenvalue weighted by Gasteiger charge is -2.35. The van der Waals surface area contributed by atoms with Crippen molar-refractivity contribution in [1.82, 2.24) is 14.7 Å². The first kappa shape index (κ1) is 28.6. The van der Waals surface area contributed by atoms with Gasteiger partial charge >= 0.3 is 0 Å². The lowest BCUT2D eigenvalue weighted by molar-refractivity contribution is -0.122. The van der Waals surface area contributed by atoms with Crippen LogP contribution < -0.4 is 4.74 Å². The third kappa shape index (κ3) is 8.28. The van der Waals surface area contributed by atoms with Crippen LogP contribution >= 0.6 is 0 Å². The van der Waals surface area contributed by atoms with Crippen LogP contribution in [0.5, 0.6) is 5.75 Å². The molecule has 0 unspecified atom stereocenters. The van der Waals surface area contributed by atoms with Crippen LogP contribution in [0.15, 0.2) is 66.7 Å². The Morgan fingerprint density at radius 3 is 2.23 bits per heavy atom. The zero-order valence-electron chi connectivity index (χ0n) is 23.0. The SMILES string of the molecule is CC1CCN(CCOc2ccc(CCN3CCN(C(=O)c4cccc5ccccc45)CC3)cc2)CC1.O=CO. The number of piperazine rings is 1. The molecule has 0 radical (unpaired) electrons. The molecule has 1 amide bonds. The van der Waals surface area contributed by atoms with Crippen LogP contribution in [0.25, 0.3) is 10.8 Å². The summed E-state index contributed by atoms with van der Waals surface area (Å²) in [7, 11) is 0. The number of carboxylic acid groups (broad SMARTS) is 1. The number of piperidine rings is 1. The molecular formula is C32H41N3O4. The van der Waals surface area contributed by atoms with E-state index >= 15 is 0 Å². The third-order valence-corrected chi connectivity index (χ3v) is 7.87. The maximum absolute atomic E-state index is 13.2. The molecule has 2 aliphatic rings. The van der Waals surface area contributed by atoms with E-state index in [1.165, 1.54) is 31.5 Å². The number of amides is 1. The van der Waals surface area contributed by atoms with Crippen molar-refractivity contribution in [1.29, 1.82) is 0 Å². The van der Waals surface area contributed by atoms with E-state index in [0.29, 0.717) is 0 Å². The normalized spacial score (nSPS) is 16.9. The highest BCUT2D eigenvalue weighted by Crippen LogP contribution is 2.21. The Balaban J connectivity index is 0.00000112. The summed E-state index contributed by atoms with van der Waals surface area (Å²) in [5.41, 5.74) is 2.15. The Morgan fingerprint density at radius 2 is 1.51 bits per heavy atom. The first-order valence-electron chi connectivity index (χ1n) is 14.1. The molecule has 2 fully saturated rings. The number of hydrogen-bond acceptors (Lipinski definition) is 5. The number of benzene rings is 3. The van der Waals surface area contributed by atoms with Gasteiger partial charge < -0.3 is 14.7 Å². The first-order chi connectivity index (χ1) is 19.1. The van der Waals surface area contributed by atoms with Gasteiger partial charge in [0, 0.05) is 44.8 Å². The Kier molecular flexibility index (Phi) is 10.7. The number of carbonyl (C=O) groups is 2. The summed E-state index contributed by atoms with van der Waals surface area (Å²) in [6.07, 6.45) is 3.64. The molecule has 5 rings (SSSR count). The molecule has 0 saturated carbocycles. The van der Waals surface area contributed by atoms with E-state index in [1.807, 2.05) is 35.2 Å². The van der Waals surface area contributed by atoms with Gasteiger partial charge in [-0.3, -0.25) is 19.4 Å². The van der Waals surface area contributed by atoms with Crippen LogP contribution in [-0.2, 0) is 11.2 Å². The third-order valence-electron chi connectivity index (χ3n) is 7.87. The minimum atomic E-state index is -0.250. The zero-order chi connectivity index (χ0) is 27.5. The largest absolute Gasteiger partial charge is 0.492 e. The molecule has 0 aromatic heterocycles. The molecular weight excluding hydrogens is 490 g/mol. The summed E-state index contributed by atoms with van der Waals surface area (Å²) < 4.78 is 5.99. The Bertz CT molecular complexity index is 1180. The van der Waals surface area contributed by atoms with E-state index < -0.39 is 0 Å². The molecule has 0 atom stereocenters. The standard InChI is InChI=1S/C31H39N3O2.CH2O2/c1-25-13-16-32(17-14-25)23-24-36-28-11-9-26(10-12-28)15-18-33-19-21-34(22-20-33)31(35)30-8-4-6-27-5-2-3-7-29(27)30;2-1-3/h2-12,25H,13-24H2,1H3;1H,(H,2,3). The van der Waals surface area contributed by atoms with Gasteiger partial charge in [-0.05, 0) is 72.8 Å². The Morgan fingerprint density at radius 1 is 0.872 bits per heavy atom. The van der Waals surface area contributed by atoms with Gasteiger partial charge in [0.2, 0.25) is 0 Å². The number of fused-ring (bicyclic) bond motifs is 1. The van der Waals surface area contributed by atoms with E-state index in [4.69, 9.17) is 14.6 Å². The molecule has 7 nitrogen and oxygen atoms in total. The maximum atomic E-state index is 13.2. The highest BCUT2D eigenvalue weighted by atomic mass is 16.5. The fourth-order valence-corrected chi connectivity index (χ4v) is 5.37. The van der Waals surface area contributed by atoms with Gasteiger partial charge in [0.25, 0.3) is 12.4 Å². The van der Waals surface area contributed by atoms with Crippen molar-refractivity contribution in [3.63, 3.8) is 0 Å². The van der Waals surface area contributed by atoms with Crippen molar-refractivity contribution in [2.75, 3.05) is 59.0 Å². The van der Waals surface area contributed by atoms with Gasteiger partial charge in [-0.2, -0.15) is 0 Å². The summed E-state index contributed by atoms with van der Waals surface area (Å²) in [5.74, 6) is 1.98. The average molecular weight is 532 g/mol. The molecule has 3 aromatic rings. The summed E-state index contributed by atoms with van der Waals surface area (Å²) in [5, 5.41) is 9.05. The smallest absolute Gasteiger partial charge is 0.290 e. The van der Waals surface area contributed by atoms with Crippen LogP contribution in [0, 0.1) is 5.92 Å². The van der Waals surface area contributed by atoms with Crippen molar-refractivity contribution in [2.24, 2.45) is 5.92 Å². The van der Waals surface area contributed by atoms with E-state index in [1.54, 1.807) is 0 Å². The average Bonchev–Trinajstić information content (AvgIpc) is 2.98. The van der Waals surface area contributed by atoms with E-state index in [9.17, 15) is 4.79 Å². The van der Waals surface area contributed by atoms with Crippen LogP contribution in [0.3, 0.4) is 0 Å². The highest BCUT2D eigenvalue weighted by molar-refractivity contribution is 6.07. The minimum absolute atomic E-state index is 0.150. The number of ether oxygens (including phenoxy) is 1. The second kappa shape index (κ2) is 14.7. The predicted molar refractivity (Wildman–Crippen MR) is 155 cm³/mol. The lowest BCUT2D eigenvalue weighted by Crippen LogP contribution is -2.49. The topological polar surface area (TPSA) is 73.3 Å². The minimum Gasteiger partial charge on any atom is -0.492 e. The molecule has 2 aliphatic heterocycles. The Hall–Kier alpha value is -3.42. The number of hydrogen-bond donors (Lipinski definition) is 1. The van der Waals surface area contributed by atoms with Gasteiger partial charge in [-0.1, -0.05) is 55.5 Å². The van der Waals surface area contributed by atoms with Crippen molar-refractivity contribution in [3.8, 4) is 5.75 Å². The first-order valence-corrected chi connectivity index (χ1v) is 14.1. The zero-order valence-corrected chi connectivity index (χ0v) is 23.0. The number of rotatable bonds is 8. The van der Waals surface area contributed by atoms with Crippen molar-refractivity contribution < 1.29 is 19.4 Å².